The van der Waals surface area contributed by atoms with E-state index in [1.54, 1.807) is 10.4 Å². The number of hydrogen-bond acceptors (Lipinski definition) is 0. The van der Waals surface area contributed by atoms with E-state index in [-0.39, 0.29) is 29.6 Å². The summed E-state index contributed by atoms with van der Waals surface area (Å²) in [6.07, 6.45) is 16.0. The second kappa shape index (κ2) is 4.80. The first-order chi connectivity index (χ1) is 6.21. The second-order valence-electron chi connectivity index (χ2n) is 4.27. The average Bonchev–Trinajstić information content (AvgIpc) is 2.78. The van der Waals surface area contributed by atoms with Crippen molar-refractivity contribution in [2.24, 2.45) is 0 Å². The summed E-state index contributed by atoms with van der Waals surface area (Å²) in [5, 5.41) is 3.37. The number of hydrogen-bond donors (Lipinski definition) is 0. The van der Waals surface area contributed by atoms with Gasteiger partial charge in [-0.15, -0.1) is 0 Å². The summed E-state index contributed by atoms with van der Waals surface area (Å²) < 4.78 is 0. The van der Waals surface area contributed by atoms with Gasteiger partial charge in [0, 0.05) is 0 Å². The molecular formula is C12H16NaSi+. The molecule has 0 atom stereocenters. The monoisotopic (exact) mass is 211 g/mol. The summed E-state index contributed by atoms with van der Waals surface area (Å²) in [4.78, 5) is 0. The summed E-state index contributed by atoms with van der Waals surface area (Å²) in [6.45, 7) is 4.93. The van der Waals surface area contributed by atoms with Crippen molar-refractivity contribution >= 4 is 8.07 Å². The fourth-order valence-corrected chi connectivity index (χ4v) is 4.72. The van der Waals surface area contributed by atoms with Gasteiger partial charge in [-0.05, 0) is 12.8 Å². The van der Waals surface area contributed by atoms with E-state index in [9.17, 15) is 0 Å². The van der Waals surface area contributed by atoms with Gasteiger partial charge < -0.3 is 0 Å². The van der Waals surface area contributed by atoms with Crippen molar-refractivity contribution < 1.29 is 29.6 Å². The van der Waals surface area contributed by atoms with Gasteiger partial charge in [-0.3, -0.25) is 0 Å². The Morgan fingerprint density at radius 3 is 1.64 bits per heavy atom. The van der Waals surface area contributed by atoms with Crippen LogP contribution in [0, 0.1) is 0 Å². The zero-order valence-electron chi connectivity index (χ0n) is 9.38. The van der Waals surface area contributed by atoms with Crippen LogP contribution in [0.25, 0.3) is 0 Å². The number of rotatable bonds is 2. The fourth-order valence-electron chi connectivity index (χ4n) is 2.03. The van der Waals surface area contributed by atoms with Crippen LogP contribution in [0.4, 0.5) is 0 Å². The molecule has 2 aliphatic carbocycles. The van der Waals surface area contributed by atoms with Crippen LogP contribution >= 0.6 is 0 Å². The van der Waals surface area contributed by atoms with Crippen LogP contribution in [0.15, 0.2) is 46.8 Å². The molecule has 0 saturated carbocycles. The maximum Gasteiger partial charge on any atom is 1.00 e. The Bertz CT molecular complexity index is 300. The minimum Gasteiger partial charge on any atom is -0.0809 e. The molecule has 0 spiro atoms. The molecule has 0 aromatic carbocycles. The third-order valence-electron chi connectivity index (χ3n) is 3.15. The molecule has 0 amide bonds. The first-order valence-electron chi connectivity index (χ1n) is 4.93. The third kappa shape index (κ3) is 2.22. The van der Waals surface area contributed by atoms with Gasteiger partial charge in [-0.2, -0.15) is 0 Å². The van der Waals surface area contributed by atoms with Crippen molar-refractivity contribution in [2.45, 2.75) is 25.9 Å². The predicted octanol–water partition coefficient (Wildman–Crippen LogP) is 0.550. The van der Waals surface area contributed by atoms with Gasteiger partial charge in [0.25, 0.3) is 0 Å². The maximum absolute atomic E-state index is 2.46. The number of allylic oxidation sites excluding steroid dienone is 8. The van der Waals surface area contributed by atoms with Crippen LogP contribution in [0.1, 0.15) is 12.8 Å². The molecular weight excluding hydrogens is 195 g/mol. The van der Waals surface area contributed by atoms with Crippen molar-refractivity contribution in [3.05, 3.63) is 46.8 Å². The Morgan fingerprint density at radius 2 is 1.36 bits per heavy atom. The van der Waals surface area contributed by atoms with Crippen LogP contribution in [0.2, 0.25) is 13.1 Å². The molecule has 0 bridgehead atoms. The zero-order valence-corrected chi connectivity index (χ0v) is 12.4. The van der Waals surface area contributed by atoms with Crippen molar-refractivity contribution in [3.63, 3.8) is 0 Å². The van der Waals surface area contributed by atoms with Crippen LogP contribution in [-0.2, 0) is 0 Å². The summed E-state index contributed by atoms with van der Waals surface area (Å²) in [5.74, 6) is 0. The van der Waals surface area contributed by atoms with Gasteiger partial charge in [0.2, 0.25) is 0 Å². The Labute approximate surface area is 110 Å². The molecule has 2 heteroatoms. The topological polar surface area (TPSA) is 0 Å². The Hall–Kier alpha value is 0.177. The minimum absolute atomic E-state index is 0. The Balaban J connectivity index is 0.000000980. The average molecular weight is 211 g/mol. The van der Waals surface area contributed by atoms with E-state index in [1.165, 1.54) is 12.8 Å². The first-order valence-corrected chi connectivity index (χ1v) is 7.93. The molecule has 0 aromatic heterocycles. The normalized spacial score (nSPS) is 19.3. The molecule has 2 aliphatic rings. The minimum atomic E-state index is -1.24. The van der Waals surface area contributed by atoms with Crippen LogP contribution < -0.4 is 29.6 Å². The van der Waals surface area contributed by atoms with Crippen molar-refractivity contribution in [1.82, 2.24) is 0 Å². The summed E-state index contributed by atoms with van der Waals surface area (Å²) in [6, 6.07) is 0. The quantitative estimate of drug-likeness (QED) is 0.585. The predicted molar refractivity (Wildman–Crippen MR) is 61.2 cm³/mol. The van der Waals surface area contributed by atoms with Crippen LogP contribution in [-0.4, -0.2) is 8.07 Å². The molecule has 0 unspecified atom stereocenters. The zero-order chi connectivity index (χ0) is 9.31. The van der Waals surface area contributed by atoms with E-state index < -0.39 is 8.07 Å². The Kier molecular flexibility index (Phi) is 4.20. The van der Waals surface area contributed by atoms with E-state index in [0.29, 0.717) is 0 Å². The molecule has 2 rings (SSSR count). The van der Waals surface area contributed by atoms with E-state index in [2.05, 4.69) is 49.6 Å². The molecule has 0 saturated heterocycles. The largest absolute Gasteiger partial charge is 1.00 e. The summed E-state index contributed by atoms with van der Waals surface area (Å²) >= 11 is 0. The first kappa shape index (κ1) is 12.2. The fraction of sp³-hybridized carbons (Fsp3) is 0.333. The molecule has 0 heterocycles. The third-order valence-corrected chi connectivity index (χ3v) is 7.10. The van der Waals surface area contributed by atoms with Crippen LogP contribution in [0.5, 0.6) is 0 Å². The molecule has 0 N–H and O–H groups in total. The molecule has 0 fully saturated rings. The molecule has 68 valence electrons. The van der Waals surface area contributed by atoms with Gasteiger partial charge in [0.05, 0.1) is 0 Å². The van der Waals surface area contributed by atoms with Gasteiger partial charge in [-0.25, -0.2) is 0 Å². The molecule has 0 nitrogen and oxygen atoms in total. The Morgan fingerprint density at radius 1 is 0.929 bits per heavy atom. The van der Waals surface area contributed by atoms with Crippen LogP contribution in [0.3, 0.4) is 0 Å². The van der Waals surface area contributed by atoms with Gasteiger partial charge in [0.1, 0.15) is 8.07 Å². The molecule has 0 aliphatic heterocycles. The summed E-state index contributed by atoms with van der Waals surface area (Å²) in [7, 11) is -1.24. The maximum atomic E-state index is 2.46. The van der Waals surface area contributed by atoms with Gasteiger partial charge in [0.15, 0.2) is 0 Å². The van der Waals surface area contributed by atoms with Crippen molar-refractivity contribution in [3.8, 4) is 0 Å². The van der Waals surface area contributed by atoms with Gasteiger partial charge >= 0.3 is 29.6 Å². The SMILES string of the molecule is C[Si](C)(C1=CC=CC1)C1=CC=CC1.[Na+]. The molecule has 0 radical (unpaired) electrons. The van der Waals surface area contributed by atoms with Crippen molar-refractivity contribution in [1.29, 1.82) is 0 Å². The van der Waals surface area contributed by atoms with E-state index in [4.69, 9.17) is 0 Å². The van der Waals surface area contributed by atoms with E-state index >= 15 is 0 Å². The molecule has 14 heavy (non-hydrogen) atoms. The van der Waals surface area contributed by atoms with Gasteiger partial charge in [-0.1, -0.05) is 59.9 Å². The smallest absolute Gasteiger partial charge is 0.0809 e. The second-order valence-corrected chi connectivity index (χ2v) is 8.81. The van der Waals surface area contributed by atoms with Crippen molar-refractivity contribution in [2.75, 3.05) is 0 Å². The standard InChI is InChI=1S/C12H16Si.Na/c1-13(2,11-7-3-4-8-11)12-9-5-6-10-12;/h3-7,9H,8,10H2,1-2H3;/q;+1. The summed E-state index contributed by atoms with van der Waals surface area (Å²) in [5.41, 5.74) is 0. The van der Waals surface area contributed by atoms with E-state index in [1.807, 2.05) is 0 Å². The van der Waals surface area contributed by atoms with E-state index in [0.717, 1.165) is 0 Å². The molecule has 0 aromatic rings.